The monoisotopic (exact) mass is 205 g/mol. The van der Waals surface area contributed by atoms with Crippen molar-refractivity contribution < 1.29 is 36.1 Å². The topological polar surface area (TPSA) is 40.5 Å². The Labute approximate surface area is 94.2 Å². The average Bonchev–Trinajstić information content (AvgIpc) is 1.87. The number of hydrogen-bond donors (Lipinski definition) is 2. The molecule has 12 heavy (non-hydrogen) atoms. The minimum Gasteiger partial charge on any atom is -0.393 e. The summed E-state index contributed by atoms with van der Waals surface area (Å²) in [6, 6.07) is 0. The fourth-order valence-electron chi connectivity index (χ4n) is 1.00. The summed E-state index contributed by atoms with van der Waals surface area (Å²) in [4.78, 5) is 0. The fraction of sp³-hybridized carbons (Fsp3) is 1.00. The van der Waals surface area contributed by atoms with Crippen LogP contribution >= 0.6 is 0 Å². The van der Waals surface area contributed by atoms with E-state index in [2.05, 4.69) is 0 Å². The Morgan fingerprint density at radius 2 is 1.67 bits per heavy atom. The van der Waals surface area contributed by atoms with Gasteiger partial charge in [-0.25, -0.2) is 0 Å². The van der Waals surface area contributed by atoms with Crippen molar-refractivity contribution in [1.82, 2.24) is 0 Å². The maximum absolute atomic E-state index is 9.36. The van der Waals surface area contributed by atoms with E-state index in [1.165, 1.54) is 0 Å². The van der Waals surface area contributed by atoms with Gasteiger partial charge in [-0.15, -0.1) is 0 Å². The third-order valence-corrected chi connectivity index (χ3v) is 1.91. The molecule has 0 fully saturated rings. The molecule has 0 rings (SSSR count). The molecule has 0 aliphatic rings. The molecule has 71 valence electrons. The van der Waals surface area contributed by atoms with Crippen LogP contribution in [0.25, 0.3) is 0 Å². The first kappa shape index (κ1) is 15.3. The van der Waals surface area contributed by atoms with Crippen LogP contribution in [0.1, 0.15) is 40.0 Å². The van der Waals surface area contributed by atoms with Crippen LogP contribution in [0.5, 0.6) is 0 Å². The van der Waals surface area contributed by atoms with Gasteiger partial charge < -0.3 is 10.2 Å². The Balaban J connectivity index is 0. The van der Waals surface area contributed by atoms with Gasteiger partial charge in [0.15, 0.2) is 0 Å². The average molecular weight is 205 g/mol. The molecule has 2 unspecified atom stereocenters. The van der Waals surface area contributed by atoms with Gasteiger partial charge in [0.2, 0.25) is 0 Å². The van der Waals surface area contributed by atoms with E-state index in [0.29, 0.717) is 6.42 Å². The molecule has 0 aliphatic carbocycles. The van der Waals surface area contributed by atoms with Gasteiger partial charge in [-0.3, -0.25) is 0 Å². The van der Waals surface area contributed by atoms with Gasteiger partial charge in [0, 0.05) is 25.8 Å². The molecule has 0 aliphatic heterocycles. The van der Waals surface area contributed by atoms with Gasteiger partial charge in [-0.2, -0.15) is 0 Å². The molecule has 0 heterocycles. The van der Waals surface area contributed by atoms with Crippen LogP contribution in [0.2, 0.25) is 0 Å². The Bertz CT molecular complexity index is 96.5. The molecule has 0 bridgehead atoms. The molecule has 2 N–H and O–H groups in total. The molecule has 0 amide bonds. The molecule has 0 spiro atoms. The Hall–Kier alpha value is 0.790. The third-order valence-electron chi connectivity index (χ3n) is 1.91. The van der Waals surface area contributed by atoms with Crippen molar-refractivity contribution in [2.24, 2.45) is 5.92 Å². The number of hydrogen-bond acceptors (Lipinski definition) is 2. The summed E-state index contributed by atoms with van der Waals surface area (Å²) in [5.41, 5.74) is 0. The smallest absolute Gasteiger partial charge is 0.0587 e. The molecule has 2 atom stereocenters. The largest absolute Gasteiger partial charge is 0.393 e. The van der Waals surface area contributed by atoms with Crippen molar-refractivity contribution >= 4 is 0 Å². The number of aliphatic hydroxyl groups excluding tert-OH is 2. The second kappa shape index (κ2) is 8.39. The van der Waals surface area contributed by atoms with Crippen molar-refractivity contribution in [3.8, 4) is 0 Å². The van der Waals surface area contributed by atoms with E-state index in [4.69, 9.17) is 0 Å². The summed E-state index contributed by atoms with van der Waals surface area (Å²) in [7, 11) is 0. The van der Waals surface area contributed by atoms with E-state index in [-0.39, 0.29) is 44.0 Å². The minimum absolute atomic E-state index is 0. The van der Waals surface area contributed by atoms with E-state index in [0.717, 1.165) is 12.8 Å². The first-order chi connectivity index (χ1) is 5.07. The standard InChI is InChI=1S/C9H20O2.Sc/c1-4-5-8(10)6-9(11)7(2)3;/h7-11H,4-6H2,1-3H3;. The molecular formula is C9H20O2Sc. The molecule has 0 saturated carbocycles. The molecule has 0 saturated heterocycles. The summed E-state index contributed by atoms with van der Waals surface area (Å²) < 4.78 is 0. The second-order valence-corrected chi connectivity index (χ2v) is 3.49. The van der Waals surface area contributed by atoms with E-state index in [1.807, 2.05) is 20.8 Å². The Morgan fingerprint density at radius 1 is 1.17 bits per heavy atom. The SMILES string of the molecule is CCCC(O)CC(O)C(C)C.[Sc]. The van der Waals surface area contributed by atoms with E-state index in [9.17, 15) is 10.2 Å². The predicted octanol–water partition coefficient (Wildman–Crippen LogP) is 1.55. The fourth-order valence-corrected chi connectivity index (χ4v) is 1.00. The zero-order valence-corrected chi connectivity index (χ0v) is 10.1. The summed E-state index contributed by atoms with van der Waals surface area (Å²) in [5.74, 6) is 0.251. The van der Waals surface area contributed by atoms with E-state index < -0.39 is 0 Å². The molecule has 0 aromatic carbocycles. The third kappa shape index (κ3) is 7.44. The summed E-state index contributed by atoms with van der Waals surface area (Å²) >= 11 is 0. The predicted molar refractivity (Wildman–Crippen MR) is 46.4 cm³/mol. The number of aliphatic hydroxyl groups is 2. The maximum atomic E-state index is 9.36. The molecule has 1 radical (unpaired) electrons. The van der Waals surface area contributed by atoms with Crippen LogP contribution in [0, 0.1) is 5.92 Å². The first-order valence-corrected chi connectivity index (χ1v) is 4.44. The Morgan fingerprint density at radius 3 is 2.00 bits per heavy atom. The zero-order valence-electron chi connectivity index (χ0n) is 8.33. The van der Waals surface area contributed by atoms with Crippen molar-refractivity contribution in [2.45, 2.75) is 52.2 Å². The molecule has 0 aromatic rings. The Kier molecular flexibility index (Phi) is 10.7. The van der Waals surface area contributed by atoms with Crippen LogP contribution in [0.15, 0.2) is 0 Å². The van der Waals surface area contributed by atoms with Crippen molar-refractivity contribution in [3.05, 3.63) is 0 Å². The first-order valence-electron chi connectivity index (χ1n) is 4.44. The van der Waals surface area contributed by atoms with Crippen LogP contribution < -0.4 is 0 Å². The maximum Gasteiger partial charge on any atom is 0.0587 e. The molecule has 2 nitrogen and oxygen atoms in total. The van der Waals surface area contributed by atoms with Crippen LogP contribution in [0.3, 0.4) is 0 Å². The van der Waals surface area contributed by atoms with Gasteiger partial charge in [0.05, 0.1) is 12.2 Å². The zero-order chi connectivity index (χ0) is 8.85. The van der Waals surface area contributed by atoms with Crippen molar-refractivity contribution in [1.29, 1.82) is 0 Å². The van der Waals surface area contributed by atoms with Crippen LogP contribution in [-0.4, -0.2) is 22.4 Å². The summed E-state index contributed by atoms with van der Waals surface area (Å²) in [6.45, 7) is 5.96. The van der Waals surface area contributed by atoms with Gasteiger partial charge in [0.1, 0.15) is 0 Å². The van der Waals surface area contributed by atoms with Crippen LogP contribution in [0.4, 0.5) is 0 Å². The number of rotatable bonds is 5. The van der Waals surface area contributed by atoms with Gasteiger partial charge in [0.25, 0.3) is 0 Å². The molecular weight excluding hydrogens is 185 g/mol. The van der Waals surface area contributed by atoms with Crippen molar-refractivity contribution in [2.75, 3.05) is 0 Å². The van der Waals surface area contributed by atoms with Crippen LogP contribution in [-0.2, 0) is 25.8 Å². The normalized spacial score (nSPS) is 15.5. The molecule has 3 heteroatoms. The second-order valence-electron chi connectivity index (χ2n) is 3.49. The van der Waals surface area contributed by atoms with Crippen molar-refractivity contribution in [3.63, 3.8) is 0 Å². The van der Waals surface area contributed by atoms with Gasteiger partial charge >= 0.3 is 0 Å². The summed E-state index contributed by atoms with van der Waals surface area (Å²) in [6.07, 6.45) is 1.62. The van der Waals surface area contributed by atoms with Gasteiger partial charge in [-0.1, -0.05) is 27.2 Å². The van der Waals surface area contributed by atoms with E-state index >= 15 is 0 Å². The quantitative estimate of drug-likeness (QED) is 0.715. The van der Waals surface area contributed by atoms with Gasteiger partial charge in [-0.05, 0) is 18.8 Å². The minimum atomic E-state index is -0.350. The van der Waals surface area contributed by atoms with E-state index in [1.54, 1.807) is 0 Å². The summed E-state index contributed by atoms with van der Waals surface area (Å²) in [5, 5.41) is 18.7. The molecule has 0 aromatic heterocycles.